The molecule has 1 fully saturated rings. The summed E-state index contributed by atoms with van der Waals surface area (Å²) < 4.78 is -3.04. The maximum absolute atomic E-state index is 5.85. The first-order valence-electron chi connectivity index (χ1n) is 5.36. The van der Waals surface area contributed by atoms with Gasteiger partial charge in [0.25, 0.3) is 0 Å². The molecule has 0 saturated carbocycles. The van der Waals surface area contributed by atoms with Crippen LogP contribution in [0.1, 0.15) is 7.43 Å². The van der Waals surface area contributed by atoms with Crippen LogP contribution in [0, 0.1) is 0 Å². The molecule has 3 rings (SSSR count). The van der Waals surface area contributed by atoms with Crippen LogP contribution >= 0.6 is 30.9 Å². The van der Waals surface area contributed by atoms with Crippen molar-refractivity contribution in [2.24, 2.45) is 0 Å². The van der Waals surface area contributed by atoms with E-state index in [0.717, 1.165) is 0 Å². The normalized spacial score (nSPS) is 29.1. The van der Waals surface area contributed by atoms with Crippen LogP contribution in [0.15, 0.2) is 60.7 Å². The van der Waals surface area contributed by atoms with Crippen LogP contribution in [0.25, 0.3) is 0 Å². The molecule has 0 atom stereocenters. The molecule has 1 aliphatic rings. The number of rotatable bonds is 2. The summed E-state index contributed by atoms with van der Waals surface area (Å²) >= 11 is 15.5. The molecular formula is C13H14P2S4. The third-order valence-corrected chi connectivity index (χ3v) is 33.8. The Kier molecular flexibility index (Phi) is 5.04. The van der Waals surface area contributed by atoms with Crippen LogP contribution in [0.2, 0.25) is 0 Å². The minimum Gasteiger partial charge on any atom is -0.0776 e. The first-order chi connectivity index (χ1) is 8.62. The maximum atomic E-state index is 5.85. The highest BCUT2D eigenvalue weighted by Gasteiger charge is 2.45. The van der Waals surface area contributed by atoms with Crippen molar-refractivity contribution in [3.63, 3.8) is 0 Å². The predicted molar refractivity (Wildman–Crippen MR) is 103 cm³/mol. The van der Waals surface area contributed by atoms with E-state index in [1.807, 2.05) is 34.1 Å². The Labute approximate surface area is 132 Å². The molecule has 1 aliphatic heterocycles. The second kappa shape index (κ2) is 6.05. The third-order valence-electron chi connectivity index (χ3n) is 2.57. The quantitative estimate of drug-likeness (QED) is 0.660. The Morgan fingerprint density at radius 2 is 0.947 bits per heavy atom. The molecule has 2 aromatic rings. The van der Waals surface area contributed by atoms with Crippen molar-refractivity contribution in [2.45, 2.75) is 7.43 Å². The van der Waals surface area contributed by atoms with Crippen molar-refractivity contribution in [3.8, 4) is 0 Å². The van der Waals surface area contributed by atoms with Crippen molar-refractivity contribution in [1.29, 1.82) is 0 Å². The zero-order valence-corrected chi connectivity index (χ0v) is 14.4. The molecule has 0 spiro atoms. The summed E-state index contributed by atoms with van der Waals surface area (Å²) in [5.74, 6) is 0. The molecule has 1 heterocycles. The summed E-state index contributed by atoms with van der Waals surface area (Å²) in [6.07, 6.45) is 0. The fraction of sp³-hybridized carbons (Fsp3) is 0.0769. The fourth-order valence-corrected chi connectivity index (χ4v) is 44.0. The summed E-state index contributed by atoms with van der Waals surface area (Å²) in [7, 11) is 0. The summed E-state index contributed by atoms with van der Waals surface area (Å²) in [5, 5.41) is 2.60. The van der Waals surface area contributed by atoms with Crippen molar-refractivity contribution in [2.75, 3.05) is 0 Å². The predicted octanol–water partition coefficient (Wildman–Crippen LogP) is 5.37. The van der Waals surface area contributed by atoms with Gasteiger partial charge >= 0.3 is 0 Å². The van der Waals surface area contributed by atoms with E-state index < -0.39 is 8.88 Å². The highest BCUT2D eigenvalue weighted by atomic mass is 33.7. The van der Waals surface area contributed by atoms with Gasteiger partial charge in [-0.1, -0.05) is 114 Å². The van der Waals surface area contributed by atoms with Gasteiger partial charge in [-0.05, 0) is 0 Å². The van der Waals surface area contributed by atoms with Crippen LogP contribution in [0.5, 0.6) is 0 Å². The van der Waals surface area contributed by atoms with E-state index in [4.69, 9.17) is 23.6 Å². The maximum Gasteiger partial charge on any atom is 0.0965 e. The van der Waals surface area contributed by atoms with E-state index in [1.54, 1.807) is 0 Å². The Morgan fingerprint density at radius 1 is 0.632 bits per heavy atom. The van der Waals surface area contributed by atoms with E-state index in [-0.39, 0.29) is 7.43 Å². The van der Waals surface area contributed by atoms with E-state index in [2.05, 4.69) is 48.5 Å². The average molecular weight is 360 g/mol. The van der Waals surface area contributed by atoms with Crippen LogP contribution in [0.4, 0.5) is 0 Å². The Balaban J connectivity index is 0.00000133. The molecule has 2 aromatic carbocycles. The molecule has 0 radical (unpaired) electrons. The van der Waals surface area contributed by atoms with Crippen LogP contribution in [0.3, 0.4) is 0 Å². The molecule has 0 aromatic heterocycles. The molecule has 0 unspecified atom stereocenters. The molecule has 0 bridgehead atoms. The van der Waals surface area contributed by atoms with Crippen LogP contribution < -0.4 is 10.6 Å². The monoisotopic (exact) mass is 360 g/mol. The molecular weight excluding hydrogens is 346 g/mol. The lowest BCUT2D eigenvalue weighted by molar-refractivity contribution is 1.78. The van der Waals surface area contributed by atoms with Gasteiger partial charge in [-0.2, -0.15) is 0 Å². The average Bonchev–Trinajstić information content (AvgIpc) is 2.39. The summed E-state index contributed by atoms with van der Waals surface area (Å²) in [6.45, 7) is 0. The lowest BCUT2D eigenvalue weighted by Crippen LogP contribution is -2.08. The number of hydrogen-bond acceptors (Lipinski definition) is 4. The van der Waals surface area contributed by atoms with E-state index >= 15 is 0 Å². The van der Waals surface area contributed by atoms with Gasteiger partial charge in [0.05, 0.1) is 8.88 Å². The van der Waals surface area contributed by atoms with Crippen molar-refractivity contribution in [3.05, 3.63) is 60.7 Å². The molecule has 19 heavy (non-hydrogen) atoms. The molecule has 0 N–H and O–H groups in total. The van der Waals surface area contributed by atoms with Gasteiger partial charge in [-0.15, -0.1) is 0 Å². The van der Waals surface area contributed by atoms with Gasteiger partial charge in [-0.3, -0.25) is 0 Å². The summed E-state index contributed by atoms with van der Waals surface area (Å²) in [5.41, 5.74) is 0. The van der Waals surface area contributed by atoms with Gasteiger partial charge in [0.1, 0.15) is 0 Å². The molecule has 6 heteroatoms. The number of benzene rings is 2. The van der Waals surface area contributed by atoms with Crippen molar-refractivity contribution < 1.29 is 0 Å². The van der Waals surface area contributed by atoms with E-state index in [1.165, 1.54) is 10.6 Å². The van der Waals surface area contributed by atoms with Crippen molar-refractivity contribution >= 4 is 65.1 Å². The largest absolute Gasteiger partial charge is 0.0965 e. The lowest BCUT2D eigenvalue weighted by atomic mass is 10.4. The van der Waals surface area contributed by atoms with Gasteiger partial charge in [0.15, 0.2) is 0 Å². The second-order valence-electron chi connectivity index (χ2n) is 3.83. The van der Waals surface area contributed by atoms with Gasteiger partial charge in [0, 0.05) is 10.6 Å². The first kappa shape index (κ1) is 15.8. The van der Waals surface area contributed by atoms with Crippen LogP contribution in [-0.4, -0.2) is 0 Å². The Morgan fingerprint density at radius 3 is 1.26 bits per heavy atom. The lowest BCUT2D eigenvalue weighted by Gasteiger charge is -2.40. The zero-order valence-electron chi connectivity index (χ0n) is 9.30. The topological polar surface area (TPSA) is 0 Å². The molecule has 0 amide bonds. The highest BCUT2D eigenvalue weighted by Crippen LogP contribution is 3.04. The Bertz CT molecular complexity index is 583. The minimum atomic E-state index is -1.52. The smallest absolute Gasteiger partial charge is 0.0776 e. The van der Waals surface area contributed by atoms with Gasteiger partial charge in [-0.25, -0.2) is 0 Å². The molecule has 100 valence electrons. The van der Waals surface area contributed by atoms with E-state index in [9.17, 15) is 0 Å². The van der Waals surface area contributed by atoms with Gasteiger partial charge in [0.2, 0.25) is 0 Å². The number of hydrogen-bond donors (Lipinski definition) is 0. The van der Waals surface area contributed by atoms with Crippen molar-refractivity contribution in [1.82, 2.24) is 0 Å². The summed E-state index contributed by atoms with van der Waals surface area (Å²) in [4.78, 5) is 0. The fourth-order valence-electron chi connectivity index (χ4n) is 1.70. The van der Waals surface area contributed by atoms with Gasteiger partial charge < -0.3 is 0 Å². The van der Waals surface area contributed by atoms with Crippen LogP contribution in [-0.2, 0) is 23.6 Å². The molecule has 0 nitrogen and oxygen atoms in total. The SMILES string of the molecule is C.S=P1(c2ccccc2)SP(=S)(c2ccccc2)S1. The molecule has 1 saturated heterocycles. The Hall–Kier alpha value is 0.440. The standard InChI is InChI=1S/C12H10P2S4.CH4/c15-13(11-7-3-1-4-8-11)17-14(16,18-13)12-9-5-2-6-10-12;/h1-10H;1H4. The second-order valence-corrected chi connectivity index (χ2v) is 25.1. The highest BCUT2D eigenvalue weighted by molar-refractivity contribution is 9.48. The minimum absolute atomic E-state index is 0. The summed E-state index contributed by atoms with van der Waals surface area (Å²) in [6, 6.07) is 20.9. The molecule has 0 aliphatic carbocycles. The zero-order chi connectivity index (χ0) is 12.6. The van der Waals surface area contributed by atoms with E-state index in [0.29, 0.717) is 0 Å². The first-order valence-corrected chi connectivity index (χ1v) is 15.0. The third kappa shape index (κ3) is 3.05.